The molecule has 11 aromatic rings. The fraction of sp³-hybridized carbons (Fsp3) is 0.0172. The molecule has 0 saturated carbocycles. The van der Waals surface area contributed by atoms with Gasteiger partial charge < -0.3 is 4.57 Å². The van der Waals surface area contributed by atoms with E-state index in [0.717, 1.165) is 27.8 Å². The Morgan fingerprint density at radius 2 is 0.758 bits per heavy atom. The van der Waals surface area contributed by atoms with Gasteiger partial charge in [-0.2, -0.15) is 0 Å². The summed E-state index contributed by atoms with van der Waals surface area (Å²) in [6.07, 6.45) is 0. The predicted octanol–water partition coefficient (Wildman–Crippen LogP) is 14.0. The third-order valence-corrected chi connectivity index (χ3v) is 13.1. The van der Waals surface area contributed by atoms with Gasteiger partial charge in [0.05, 0.1) is 22.1 Å². The molecule has 3 heterocycles. The molecule has 62 heavy (non-hydrogen) atoms. The highest BCUT2D eigenvalue weighted by molar-refractivity contribution is 6.13. The van der Waals surface area contributed by atoms with E-state index in [4.69, 9.17) is 15.0 Å². The highest BCUT2D eigenvalue weighted by Crippen LogP contribution is 2.61. The van der Waals surface area contributed by atoms with Gasteiger partial charge in [-0.05, 0) is 79.9 Å². The first-order chi connectivity index (χ1) is 30.7. The molecule has 0 radical (unpaired) electrons. The second kappa shape index (κ2) is 13.4. The molecule has 0 unspecified atom stereocenters. The molecule has 1 aliphatic carbocycles. The van der Waals surface area contributed by atoms with Gasteiger partial charge in [-0.3, -0.25) is 0 Å². The van der Waals surface area contributed by atoms with Gasteiger partial charge in [-0.25, -0.2) is 15.0 Å². The van der Waals surface area contributed by atoms with Crippen molar-refractivity contribution in [1.82, 2.24) is 19.5 Å². The maximum Gasteiger partial charge on any atom is 0.164 e. The van der Waals surface area contributed by atoms with Gasteiger partial charge in [0.2, 0.25) is 0 Å². The molecule has 0 N–H and O–H groups in total. The van der Waals surface area contributed by atoms with Crippen molar-refractivity contribution in [2.45, 2.75) is 5.41 Å². The number of rotatable bonds is 5. The minimum Gasteiger partial charge on any atom is -0.309 e. The van der Waals surface area contributed by atoms with Crippen LogP contribution in [0.3, 0.4) is 0 Å². The quantitative estimate of drug-likeness (QED) is 0.174. The fourth-order valence-electron chi connectivity index (χ4n) is 10.4. The summed E-state index contributed by atoms with van der Waals surface area (Å²) >= 11 is 0. The molecule has 0 bridgehead atoms. The maximum atomic E-state index is 4.96. The highest BCUT2D eigenvalue weighted by Gasteiger charge is 2.50. The number of para-hydroxylation sites is 2. The topological polar surface area (TPSA) is 43.6 Å². The number of fused-ring (bicyclic) bond motifs is 12. The van der Waals surface area contributed by atoms with Gasteiger partial charge in [-0.1, -0.05) is 194 Å². The van der Waals surface area contributed by atoms with Crippen LogP contribution in [0.1, 0.15) is 22.3 Å². The van der Waals surface area contributed by atoms with Gasteiger partial charge in [0.1, 0.15) is 0 Å². The van der Waals surface area contributed by atoms with Crippen molar-refractivity contribution in [2.24, 2.45) is 0 Å². The van der Waals surface area contributed by atoms with E-state index in [0.29, 0.717) is 17.5 Å². The van der Waals surface area contributed by atoms with Crippen molar-refractivity contribution in [2.75, 3.05) is 0 Å². The zero-order chi connectivity index (χ0) is 40.8. The zero-order valence-corrected chi connectivity index (χ0v) is 33.6. The largest absolute Gasteiger partial charge is 0.309 e. The smallest absolute Gasteiger partial charge is 0.164 e. The van der Waals surface area contributed by atoms with E-state index < -0.39 is 5.41 Å². The van der Waals surface area contributed by atoms with E-state index in [2.05, 4.69) is 162 Å². The summed E-state index contributed by atoms with van der Waals surface area (Å²) in [6, 6.07) is 78.8. The van der Waals surface area contributed by atoms with Gasteiger partial charge in [0.25, 0.3) is 0 Å². The number of nitrogens with zero attached hydrogens (tertiary/aromatic N) is 4. The Hall–Kier alpha value is -8.21. The number of hydrogen-bond donors (Lipinski definition) is 0. The van der Waals surface area contributed by atoms with Crippen molar-refractivity contribution >= 4 is 21.8 Å². The summed E-state index contributed by atoms with van der Waals surface area (Å²) in [6.45, 7) is 0. The molecule has 13 rings (SSSR count). The number of aromatic nitrogens is 4. The third kappa shape index (κ3) is 4.98. The molecular weight excluding hydrogens is 753 g/mol. The van der Waals surface area contributed by atoms with Crippen LogP contribution < -0.4 is 0 Å². The summed E-state index contributed by atoms with van der Waals surface area (Å²) < 4.78 is 2.52. The summed E-state index contributed by atoms with van der Waals surface area (Å²) in [7, 11) is 0. The molecule has 0 amide bonds. The molecular formula is C58H36N4. The molecule has 9 aromatic carbocycles. The minimum atomic E-state index is -0.494. The van der Waals surface area contributed by atoms with Crippen LogP contribution in [0, 0.1) is 0 Å². The van der Waals surface area contributed by atoms with Gasteiger partial charge in [0.15, 0.2) is 17.5 Å². The summed E-state index contributed by atoms with van der Waals surface area (Å²) in [5.41, 5.74) is 18.6. The van der Waals surface area contributed by atoms with Crippen molar-refractivity contribution in [3.63, 3.8) is 0 Å². The van der Waals surface area contributed by atoms with E-state index in [9.17, 15) is 0 Å². The van der Waals surface area contributed by atoms with Crippen LogP contribution in [0.5, 0.6) is 0 Å². The summed E-state index contributed by atoms with van der Waals surface area (Å²) in [4.78, 5) is 14.8. The van der Waals surface area contributed by atoms with Crippen LogP contribution in [0.4, 0.5) is 0 Å². The van der Waals surface area contributed by atoms with Crippen LogP contribution in [0.2, 0.25) is 0 Å². The fourth-order valence-corrected chi connectivity index (χ4v) is 10.4. The van der Waals surface area contributed by atoms with Crippen molar-refractivity contribution in [1.29, 1.82) is 0 Å². The molecule has 0 atom stereocenters. The Kier molecular flexibility index (Phi) is 7.49. The lowest BCUT2D eigenvalue weighted by molar-refractivity contribution is 0.749. The molecule has 2 aliphatic rings. The first kappa shape index (κ1) is 34.6. The second-order valence-corrected chi connectivity index (χ2v) is 16.3. The predicted molar refractivity (Wildman–Crippen MR) is 252 cm³/mol. The Labute approximate surface area is 359 Å². The summed E-state index contributed by atoms with van der Waals surface area (Å²) in [5.74, 6) is 1.95. The molecule has 4 heteroatoms. The average molecular weight is 789 g/mol. The molecule has 1 spiro atoms. The zero-order valence-electron chi connectivity index (χ0n) is 33.6. The van der Waals surface area contributed by atoms with Crippen LogP contribution in [0.25, 0.3) is 95.0 Å². The van der Waals surface area contributed by atoms with E-state index in [1.807, 2.05) is 60.7 Å². The van der Waals surface area contributed by atoms with Crippen LogP contribution in [-0.4, -0.2) is 19.5 Å². The Bertz CT molecular complexity index is 3460. The number of benzene rings is 9. The van der Waals surface area contributed by atoms with E-state index >= 15 is 0 Å². The monoisotopic (exact) mass is 788 g/mol. The van der Waals surface area contributed by atoms with Gasteiger partial charge in [-0.15, -0.1) is 0 Å². The Balaban J connectivity index is 0.949. The second-order valence-electron chi connectivity index (χ2n) is 16.3. The summed E-state index contributed by atoms with van der Waals surface area (Å²) in [5, 5.41) is 2.56. The van der Waals surface area contributed by atoms with E-state index in [1.54, 1.807) is 0 Å². The first-order valence-corrected chi connectivity index (χ1v) is 21.2. The van der Waals surface area contributed by atoms with Crippen LogP contribution in [0.15, 0.2) is 218 Å². The Morgan fingerprint density at radius 1 is 0.306 bits per heavy atom. The lowest BCUT2D eigenvalue weighted by Gasteiger charge is -2.40. The molecule has 288 valence electrons. The average Bonchev–Trinajstić information content (AvgIpc) is 3.85. The standard InChI is InChI=1S/C58H36N4/c1-3-15-38(16-4-1)55-59-56(39-17-5-2-6-18-39)61-57(60-55)40-31-29-37(30-32-40)41-19-13-20-42(35-41)43-33-34-53-51(36-43)58(48-25-10-7-21-44(48)45-22-8-11-26-49(45)58)50-27-14-24-47-46-23-9-12-28-52(46)62(53)54(47)50/h1-36H. The van der Waals surface area contributed by atoms with Crippen molar-refractivity contribution < 1.29 is 0 Å². The lowest BCUT2D eigenvalue weighted by Crippen LogP contribution is -2.33. The lowest BCUT2D eigenvalue weighted by atomic mass is 9.65. The molecule has 4 nitrogen and oxygen atoms in total. The molecule has 0 fully saturated rings. The first-order valence-electron chi connectivity index (χ1n) is 21.2. The third-order valence-electron chi connectivity index (χ3n) is 13.1. The maximum absolute atomic E-state index is 4.96. The molecule has 2 aromatic heterocycles. The molecule has 1 aliphatic heterocycles. The number of hydrogen-bond acceptors (Lipinski definition) is 3. The normalized spacial score (nSPS) is 13.0. The van der Waals surface area contributed by atoms with Crippen molar-refractivity contribution in [3.05, 3.63) is 241 Å². The molecule has 0 saturated heterocycles. The van der Waals surface area contributed by atoms with Crippen molar-refractivity contribution in [3.8, 4) is 73.2 Å². The van der Waals surface area contributed by atoms with Crippen LogP contribution >= 0.6 is 0 Å². The Morgan fingerprint density at radius 3 is 1.42 bits per heavy atom. The highest BCUT2D eigenvalue weighted by atomic mass is 15.0. The van der Waals surface area contributed by atoms with Gasteiger partial charge in [0, 0.05) is 27.5 Å². The van der Waals surface area contributed by atoms with Crippen LogP contribution in [-0.2, 0) is 5.41 Å². The minimum absolute atomic E-state index is 0.494. The van der Waals surface area contributed by atoms with E-state index in [-0.39, 0.29) is 0 Å². The van der Waals surface area contributed by atoms with E-state index in [1.165, 1.54) is 72.0 Å². The van der Waals surface area contributed by atoms with Gasteiger partial charge >= 0.3 is 0 Å². The SMILES string of the molecule is c1ccc(-c2nc(-c3ccccc3)nc(-c3ccc(-c4cccc(-c5ccc6c(c5)C5(c7ccccc7-c7ccccc75)c5cccc7c8ccccc8n-6c57)c4)cc3)n2)cc1.